The summed E-state index contributed by atoms with van der Waals surface area (Å²) in [5.41, 5.74) is 11.2. The number of rotatable bonds is 4. The maximum atomic E-state index is 7.50. The molecule has 2 unspecified atom stereocenters. The van der Waals surface area contributed by atoms with Gasteiger partial charge in [0.1, 0.15) is 5.75 Å². The SMILES string of the molecule is COc1cc2c3c(c4c5c2c(c1OC)Cc1cccc(c1-5)C1CCCCC41)C=CC(c1ccccc1)(c1ccccc1)O3. The van der Waals surface area contributed by atoms with E-state index in [0.29, 0.717) is 11.8 Å². The molecule has 0 radical (unpaired) electrons. The van der Waals surface area contributed by atoms with Gasteiger partial charge in [0.15, 0.2) is 17.1 Å². The van der Waals surface area contributed by atoms with Crippen molar-refractivity contribution in [1.82, 2.24) is 0 Å². The summed E-state index contributed by atoms with van der Waals surface area (Å²) in [6, 6.07) is 30.4. The van der Waals surface area contributed by atoms with E-state index in [1.54, 1.807) is 19.8 Å². The summed E-state index contributed by atoms with van der Waals surface area (Å²) in [6.45, 7) is 0. The number of hydrogen-bond donors (Lipinski definition) is 0. The van der Waals surface area contributed by atoms with Crippen molar-refractivity contribution in [3.63, 3.8) is 0 Å². The molecule has 0 bridgehead atoms. The molecule has 1 fully saturated rings. The molecule has 1 saturated carbocycles. The molecule has 0 amide bonds. The molecular formula is C40H34O3. The number of methoxy groups -OCH3 is 2. The zero-order valence-electron chi connectivity index (χ0n) is 24.7. The first-order valence-corrected chi connectivity index (χ1v) is 15.6. The van der Waals surface area contributed by atoms with Gasteiger partial charge in [0, 0.05) is 39.4 Å². The highest BCUT2D eigenvalue weighted by Gasteiger charge is 2.45. The van der Waals surface area contributed by atoms with Crippen LogP contribution in [0.25, 0.3) is 28.0 Å². The average Bonchev–Trinajstić information content (AvgIpc) is 3.08. The van der Waals surface area contributed by atoms with E-state index in [0.717, 1.165) is 40.2 Å². The smallest absolute Gasteiger partial charge is 0.178 e. The van der Waals surface area contributed by atoms with Crippen LogP contribution in [0.1, 0.15) is 76.5 Å². The molecule has 0 N–H and O–H groups in total. The van der Waals surface area contributed by atoms with Gasteiger partial charge in [0.2, 0.25) is 0 Å². The Balaban J connectivity index is 1.43. The molecule has 0 spiro atoms. The van der Waals surface area contributed by atoms with E-state index >= 15 is 0 Å². The quantitative estimate of drug-likeness (QED) is 0.214. The first-order chi connectivity index (χ1) is 21.2. The molecule has 0 saturated heterocycles. The number of ether oxygens (including phenoxy) is 3. The van der Waals surface area contributed by atoms with Crippen molar-refractivity contribution in [2.45, 2.75) is 49.5 Å². The minimum atomic E-state index is -0.752. The van der Waals surface area contributed by atoms with Crippen molar-refractivity contribution in [1.29, 1.82) is 0 Å². The highest BCUT2D eigenvalue weighted by atomic mass is 16.5. The molecule has 4 aliphatic rings. The van der Waals surface area contributed by atoms with Crippen LogP contribution in [-0.4, -0.2) is 14.2 Å². The third-order valence-corrected chi connectivity index (χ3v) is 10.6. The normalized spacial score (nSPS) is 20.1. The van der Waals surface area contributed by atoms with Crippen LogP contribution in [0, 0.1) is 0 Å². The van der Waals surface area contributed by atoms with Crippen LogP contribution in [-0.2, 0) is 12.0 Å². The second-order valence-corrected chi connectivity index (χ2v) is 12.5. The Hall–Kier alpha value is -4.50. The number of hydrogen-bond acceptors (Lipinski definition) is 3. The molecule has 0 aromatic heterocycles. The van der Waals surface area contributed by atoms with Crippen molar-refractivity contribution < 1.29 is 14.2 Å². The number of benzene rings is 5. The lowest BCUT2D eigenvalue weighted by Crippen LogP contribution is -2.35. The Morgan fingerprint density at radius 2 is 1.49 bits per heavy atom. The fraction of sp³-hybridized carbons (Fsp3) is 0.250. The van der Waals surface area contributed by atoms with Crippen LogP contribution in [0.5, 0.6) is 17.2 Å². The summed E-state index contributed by atoms with van der Waals surface area (Å²) in [6.07, 6.45) is 10.5. The monoisotopic (exact) mass is 562 g/mol. The number of fused-ring (bicyclic) bond motifs is 6. The average molecular weight is 563 g/mol. The van der Waals surface area contributed by atoms with Crippen LogP contribution >= 0.6 is 0 Å². The molecule has 5 aromatic rings. The van der Waals surface area contributed by atoms with Gasteiger partial charge >= 0.3 is 0 Å². The molecule has 3 heteroatoms. The zero-order chi connectivity index (χ0) is 28.7. The van der Waals surface area contributed by atoms with E-state index in [-0.39, 0.29) is 0 Å². The fourth-order valence-corrected chi connectivity index (χ4v) is 8.82. The van der Waals surface area contributed by atoms with Gasteiger partial charge in [-0.2, -0.15) is 0 Å². The van der Waals surface area contributed by atoms with Gasteiger partial charge in [-0.05, 0) is 64.6 Å². The molecule has 1 aliphatic heterocycles. The second-order valence-electron chi connectivity index (χ2n) is 12.5. The van der Waals surface area contributed by atoms with Crippen LogP contribution in [0.4, 0.5) is 0 Å². The molecule has 2 atom stereocenters. The molecule has 43 heavy (non-hydrogen) atoms. The Labute approximate surface area is 252 Å². The van der Waals surface area contributed by atoms with E-state index in [9.17, 15) is 0 Å². The van der Waals surface area contributed by atoms with E-state index in [4.69, 9.17) is 14.2 Å². The Morgan fingerprint density at radius 3 is 2.19 bits per heavy atom. The van der Waals surface area contributed by atoms with E-state index < -0.39 is 5.60 Å². The highest BCUT2D eigenvalue weighted by Crippen LogP contribution is 2.63. The maximum Gasteiger partial charge on any atom is 0.178 e. The lowest BCUT2D eigenvalue weighted by Gasteiger charge is -2.45. The summed E-state index contributed by atoms with van der Waals surface area (Å²) in [4.78, 5) is 0. The van der Waals surface area contributed by atoms with Crippen molar-refractivity contribution in [2.24, 2.45) is 0 Å². The Kier molecular flexibility index (Phi) is 5.39. The van der Waals surface area contributed by atoms with Gasteiger partial charge < -0.3 is 14.2 Å². The largest absolute Gasteiger partial charge is 0.493 e. The summed E-state index contributed by atoms with van der Waals surface area (Å²) in [5.74, 6) is 3.56. The minimum Gasteiger partial charge on any atom is -0.493 e. The predicted molar refractivity (Wildman–Crippen MR) is 173 cm³/mol. The van der Waals surface area contributed by atoms with Crippen LogP contribution in [0.2, 0.25) is 0 Å². The van der Waals surface area contributed by atoms with Gasteiger partial charge in [-0.15, -0.1) is 0 Å². The summed E-state index contributed by atoms with van der Waals surface area (Å²) in [7, 11) is 3.50. The van der Waals surface area contributed by atoms with Gasteiger partial charge in [0.05, 0.1) is 14.2 Å². The van der Waals surface area contributed by atoms with Crippen LogP contribution < -0.4 is 14.2 Å². The van der Waals surface area contributed by atoms with E-state index in [1.807, 2.05) is 0 Å². The van der Waals surface area contributed by atoms with E-state index in [2.05, 4.69) is 97.1 Å². The topological polar surface area (TPSA) is 27.7 Å². The van der Waals surface area contributed by atoms with Crippen molar-refractivity contribution in [2.75, 3.05) is 14.2 Å². The molecule has 3 aliphatic carbocycles. The molecule has 3 nitrogen and oxygen atoms in total. The third kappa shape index (κ3) is 3.31. The Morgan fingerprint density at radius 1 is 0.767 bits per heavy atom. The maximum absolute atomic E-state index is 7.50. The highest BCUT2D eigenvalue weighted by molar-refractivity contribution is 6.12. The lowest BCUT2D eigenvalue weighted by atomic mass is 9.61. The summed E-state index contributed by atoms with van der Waals surface area (Å²) < 4.78 is 19.6. The molecule has 9 rings (SSSR count). The van der Waals surface area contributed by atoms with Gasteiger partial charge in [-0.25, -0.2) is 0 Å². The third-order valence-electron chi connectivity index (χ3n) is 10.6. The first kappa shape index (κ1) is 25.0. The van der Waals surface area contributed by atoms with Gasteiger partial charge in [0.25, 0.3) is 0 Å². The second kappa shape index (κ2) is 9.25. The van der Waals surface area contributed by atoms with E-state index in [1.165, 1.54) is 64.5 Å². The van der Waals surface area contributed by atoms with Crippen molar-refractivity contribution in [3.8, 4) is 28.4 Å². The zero-order valence-corrected chi connectivity index (χ0v) is 24.7. The minimum absolute atomic E-state index is 0.470. The summed E-state index contributed by atoms with van der Waals surface area (Å²) >= 11 is 0. The van der Waals surface area contributed by atoms with Gasteiger partial charge in [-0.3, -0.25) is 0 Å². The molecular weight excluding hydrogens is 528 g/mol. The van der Waals surface area contributed by atoms with Crippen LogP contribution in [0.15, 0.2) is 91.0 Å². The standard InChI is InChI=1S/C40H34O3/c1-41-33-23-32-36-31(39(33)42-2)22-24-12-11-19-28-27-17-9-10-18-29(27)35(37(36)34(24)28)30-20-21-40(43-38(30)32,25-13-5-3-6-14-25)26-15-7-4-8-16-26/h3-8,11-16,19-21,23,27,29H,9-10,17-18,22H2,1-2H3. The molecule has 212 valence electrons. The molecule has 5 aromatic carbocycles. The van der Waals surface area contributed by atoms with Crippen LogP contribution in [0.3, 0.4) is 0 Å². The first-order valence-electron chi connectivity index (χ1n) is 15.6. The van der Waals surface area contributed by atoms with Gasteiger partial charge in [-0.1, -0.05) is 97.8 Å². The molecule has 1 heterocycles. The Bertz CT molecular complexity index is 1910. The fourth-order valence-electron chi connectivity index (χ4n) is 8.82. The van der Waals surface area contributed by atoms with Crippen molar-refractivity contribution in [3.05, 3.63) is 130 Å². The van der Waals surface area contributed by atoms with Crippen molar-refractivity contribution >= 4 is 16.8 Å². The lowest BCUT2D eigenvalue weighted by molar-refractivity contribution is 0.163. The predicted octanol–water partition coefficient (Wildman–Crippen LogP) is 9.53. The summed E-state index contributed by atoms with van der Waals surface area (Å²) in [5, 5.41) is 2.39.